The highest BCUT2D eigenvalue weighted by Crippen LogP contribution is 2.28. The van der Waals surface area contributed by atoms with Crippen LogP contribution in [0.5, 0.6) is 5.75 Å². The van der Waals surface area contributed by atoms with Gasteiger partial charge < -0.3 is 15.0 Å². The largest absolute Gasteiger partial charge is 0.481 e. The zero-order valence-electron chi connectivity index (χ0n) is 15.0. The fourth-order valence-corrected chi connectivity index (χ4v) is 3.17. The molecule has 4 nitrogen and oxygen atoms in total. The molecule has 1 heterocycles. The molecular weight excluding hydrogens is 312 g/mol. The minimum atomic E-state index is -0.559. The molecule has 25 heavy (non-hydrogen) atoms. The number of para-hydroxylation sites is 2. The summed E-state index contributed by atoms with van der Waals surface area (Å²) in [5, 5.41) is 3.04. The van der Waals surface area contributed by atoms with E-state index in [1.807, 2.05) is 49.4 Å². The van der Waals surface area contributed by atoms with Crippen LogP contribution in [-0.4, -0.2) is 25.1 Å². The van der Waals surface area contributed by atoms with Gasteiger partial charge in [0.25, 0.3) is 5.91 Å². The lowest BCUT2D eigenvalue weighted by atomic mass is 10.1. The van der Waals surface area contributed by atoms with Gasteiger partial charge in [0.1, 0.15) is 5.75 Å². The number of piperidine rings is 1. The molecule has 1 aliphatic heterocycles. The highest BCUT2D eigenvalue weighted by Gasteiger charge is 2.19. The molecule has 0 aliphatic carbocycles. The number of anilines is 2. The van der Waals surface area contributed by atoms with Crippen LogP contribution in [0.25, 0.3) is 0 Å². The molecule has 0 aromatic heterocycles. The Morgan fingerprint density at radius 1 is 1.08 bits per heavy atom. The quantitative estimate of drug-likeness (QED) is 0.879. The molecule has 0 spiro atoms. The Morgan fingerprint density at radius 2 is 1.84 bits per heavy atom. The number of carbonyl (C=O) groups excluding carboxylic acids is 1. The van der Waals surface area contributed by atoms with E-state index < -0.39 is 6.10 Å². The maximum absolute atomic E-state index is 12.6. The third kappa shape index (κ3) is 4.53. The van der Waals surface area contributed by atoms with E-state index in [0.717, 1.165) is 30.0 Å². The molecule has 3 rings (SSSR count). The summed E-state index contributed by atoms with van der Waals surface area (Å²) >= 11 is 0. The van der Waals surface area contributed by atoms with Gasteiger partial charge in [-0.15, -0.1) is 0 Å². The smallest absolute Gasteiger partial charge is 0.265 e. The first-order valence-corrected chi connectivity index (χ1v) is 9.01. The van der Waals surface area contributed by atoms with Crippen molar-refractivity contribution < 1.29 is 9.53 Å². The molecule has 2 aromatic carbocycles. The van der Waals surface area contributed by atoms with Gasteiger partial charge >= 0.3 is 0 Å². The highest BCUT2D eigenvalue weighted by atomic mass is 16.5. The Kier molecular flexibility index (Phi) is 5.59. The molecule has 1 amide bonds. The summed E-state index contributed by atoms with van der Waals surface area (Å²) in [6.07, 6.45) is 3.13. The van der Waals surface area contributed by atoms with Crippen LogP contribution in [0.2, 0.25) is 0 Å². The zero-order chi connectivity index (χ0) is 17.6. The second kappa shape index (κ2) is 8.06. The van der Waals surface area contributed by atoms with Gasteiger partial charge in [0.05, 0.1) is 11.4 Å². The lowest BCUT2D eigenvalue weighted by molar-refractivity contribution is -0.122. The molecular formula is C21H26N2O2. The molecule has 1 fully saturated rings. The lowest BCUT2D eigenvalue weighted by Crippen LogP contribution is -2.33. The fourth-order valence-electron chi connectivity index (χ4n) is 3.17. The van der Waals surface area contributed by atoms with Crippen LogP contribution >= 0.6 is 0 Å². The van der Waals surface area contributed by atoms with E-state index in [2.05, 4.69) is 16.3 Å². The second-order valence-electron chi connectivity index (χ2n) is 6.63. The van der Waals surface area contributed by atoms with Crippen molar-refractivity contribution in [2.24, 2.45) is 0 Å². The lowest BCUT2D eigenvalue weighted by Gasteiger charge is -2.30. The predicted molar refractivity (Wildman–Crippen MR) is 102 cm³/mol. The Balaban J connectivity index is 1.68. The van der Waals surface area contributed by atoms with Crippen LogP contribution in [0, 0.1) is 6.92 Å². The number of nitrogens with one attached hydrogen (secondary N) is 1. The molecule has 0 saturated carbocycles. The van der Waals surface area contributed by atoms with Crippen molar-refractivity contribution in [3.63, 3.8) is 0 Å². The maximum Gasteiger partial charge on any atom is 0.265 e. The number of carbonyl (C=O) groups is 1. The fraction of sp³-hybridized carbons (Fsp3) is 0.381. The van der Waals surface area contributed by atoms with Crippen molar-refractivity contribution in [2.75, 3.05) is 23.3 Å². The van der Waals surface area contributed by atoms with Crippen molar-refractivity contribution in [3.8, 4) is 5.75 Å². The first-order chi connectivity index (χ1) is 12.1. The third-order valence-electron chi connectivity index (χ3n) is 4.53. The Labute approximate surface area is 149 Å². The van der Waals surface area contributed by atoms with Gasteiger partial charge in [0, 0.05) is 13.1 Å². The van der Waals surface area contributed by atoms with Crippen LogP contribution in [-0.2, 0) is 4.79 Å². The molecule has 2 aromatic rings. The van der Waals surface area contributed by atoms with Gasteiger partial charge in [-0.3, -0.25) is 4.79 Å². The van der Waals surface area contributed by atoms with E-state index in [9.17, 15) is 4.79 Å². The molecule has 4 heteroatoms. The van der Waals surface area contributed by atoms with Crippen LogP contribution in [0.3, 0.4) is 0 Å². The molecule has 1 saturated heterocycles. The predicted octanol–water partition coefficient (Wildman–Crippen LogP) is 4.39. The summed E-state index contributed by atoms with van der Waals surface area (Å²) in [6, 6.07) is 15.8. The minimum Gasteiger partial charge on any atom is -0.481 e. The monoisotopic (exact) mass is 338 g/mol. The summed E-state index contributed by atoms with van der Waals surface area (Å²) < 4.78 is 5.79. The van der Waals surface area contributed by atoms with E-state index >= 15 is 0 Å². The van der Waals surface area contributed by atoms with E-state index in [1.165, 1.54) is 19.3 Å². The summed E-state index contributed by atoms with van der Waals surface area (Å²) in [7, 11) is 0. The standard InChI is InChI=1S/C21H26N2O2/c1-16-9-8-10-18(15-16)25-17(2)21(24)22-19-11-4-5-12-20(19)23-13-6-3-7-14-23/h4-5,8-12,15,17H,3,6-7,13-14H2,1-2H3,(H,22,24)/t17-/m1/s1. The molecule has 0 unspecified atom stereocenters. The topological polar surface area (TPSA) is 41.6 Å². The molecule has 0 bridgehead atoms. The van der Waals surface area contributed by atoms with Crippen LogP contribution < -0.4 is 15.0 Å². The Morgan fingerprint density at radius 3 is 2.60 bits per heavy atom. The molecule has 1 N–H and O–H groups in total. The Hall–Kier alpha value is -2.49. The first kappa shape index (κ1) is 17.3. The molecule has 1 aliphatic rings. The van der Waals surface area contributed by atoms with Crippen molar-refractivity contribution in [3.05, 3.63) is 54.1 Å². The number of nitrogens with zero attached hydrogens (tertiary/aromatic N) is 1. The number of aryl methyl sites for hydroxylation is 1. The summed E-state index contributed by atoms with van der Waals surface area (Å²) in [4.78, 5) is 14.9. The number of ether oxygens (including phenoxy) is 1. The Bertz CT molecular complexity index is 723. The van der Waals surface area contributed by atoms with Gasteiger partial charge in [-0.25, -0.2) is 0 Å². The highest BCUT2D eigenvalue weighted by molar-refractivity contribution is 5.97. The van der Waals surface area contributed by atoms with Gasteiger partial charge in [-0.2, -0.15) is 0 Å². The maximum atomic E-state index is 12.6. The van der Waals surface area contributed by atoms with E-state index in [-0.39, 0.29) is 5.91 Å². The summed E-state index contributed by atoms with van der Waals surface area (Å²) in [6.45, 7) is 5.87. The van der Waals surface area contributed by atoms with E-state index in [0.29, 0.717) is 5.75 Å². The summed E-state index contributed by atoms with van der Waals surface area (Å²) in [5.41, 5.74) is 3.06. The van der Waals surface area contributed by atoms with Crippen LogP contribution in [0.15, 0.2) is 48.5 Å². The van der Waals surface area contributed by atoms with Crippen molar-refractivity contribution >= 4 is 17.3 Å². The molecule has 0 radical (unpaired) electrons. The average Bonchev–Trinajstić information content (AvgIpc) is 2.63. The zero-order valence-corrected chi connectivity index (χ0v) is 15.0. The van der Waals surface area contributed by atoms with E-state index in [1.54, 1.807) is 6.92 Å². The number of benzene rings is 2. The first-order valence-electron chi connectivity index (χ1n) is 9.01. The summed E-state index contributed by atoms with van der Waals surface area (Å²) in [5.74, 6) is 0.581. The van der Waals surface area contributed by atoms with Crippen molar-refractivity contribution in [1.82, 2.24) is 0 Å². The van der Waals surface area contributed by atoms with Gasteiger partial charge in [-0.05, 0) is 62.9 Å². The third-order valence-corrected chi connectivity index (χ3v) is 4.53. The average molecular weight is 338 g/mol. The second-order valence-corrected chi connectivity index (χ2v) is 6.63. The number of hydrogen-bond acceptors (Lipinski definition) is 3. The number of amides is 1. The number of hydrogen-bond donors (Lipinski definition) is 1. The molecule has 1 atom stereocenters. The molecule has 132 valence electrons. The van der Waals surface area contributed by atoms with Crippen LogP contribution in [0.1, 0.15) is 31.7 Å². The van der Waals surface area contributed by atoms with Crippen molar-refractivity contribution in [2.45, 2.75) is 39.2 Å². The van der Waals surface area contributed by atoms with Gasteiger partial charge in [0.2, 0.25) is 0 Å². The minimum absolute atomic E-state index is 0.133. The van der Waals surface area contributed by atoms with Crippen molar-refractivity contribution in [1.29, 1.82) is 0 Å². The van der Waals surface area contributed by atoms with Gasteiger partial charge in [0.15, 0.2) is 6.10 Å². The van der Waals surface area contributed by atoms with E-state index in [4.69, 9.17) is 4.74 Å². The van der Waals surface area contributed by atoms with Crippen LogP contribution in [0.4, 0.5) is 11.4 Å². The SMILES string of the molecule is Cc1cccc(O[C@H](C)C(=O)Nc2ccccc2N2CCCCC2)c1. The normalized spacial score (nSPS) is 15.5. The van der Waals surface area contributed by atoms with Gasteiger partial charge in [-0.1, -0.05) is 24.3 Å². The number of rotatable bonds is 5.